The largest absolute Gasteiger partial charge is 0.366 e. The van der Waals surface area contributed by atoms with Crippen LogP contribution in [0.1, 0.15) is 11.1 Å². The zero-order chi connectivity index (χ0) is 27.2. The van der Waals surface area contributed by atoms with Crippen LogP contribution in [-0.2, 0) is 0 Å². The maximum Gasteiger partial charge on any atom is 0.145 e. The lowest BCUT2D eigenvalue weighted by molar-refractivity contribution is 0.812. The molecular formula is C38H27N3. The van der Waals surface area contributed by atoms with Crippen LogP contribution in [0, 0.1) is 0 Å². The van der Waals surface area contributed by atoms with Gasteiger partial charge in [0, 0.05) is 16.8 Å². The number of rotatable bonds is 4. The van der Waals surface area contributed by atoms with Gasteiger partial charge in [-0.3, -0.25) is 4.90 Å². The Morgan fingerprint density at radius 2 is 1.17 bits per heavy atom. The molecule has 5 aromatic carbocycles. The minimum Gasteiger partial charge on any atom is -0.366 e. The predicted octanol–water partition coefficient (Wildman–Crippen LogP) is 8.86. The number of para-hydroxylation sites is 1. The van der Waals surface area contributed by atoms with E-state index in [1.807, 2.05) is 6.34 Å². The normalized spacial score (nSPS) is 16.8. The molecule has 41 heavy (non-hydrogen) atoms. The Hall–Kier alpha value is -5.41. The van der Waals surface area contributed by atoms with Crippen LogP contribution in [-0.4, -0.2) is 12.4 Å². The summed E-state index contributed by atoms with van der Waals surface area (Å²) in [6.07, 6.45) is 6.50. The van der Waals surface area contributed by atoms with E-state index in [1.165, 1.54) is 50.1 Å². The second-order valence-electron chi connectivity index (χ2n) is 10.5. The van der Waals surface area contributed by atoms with Crippen molar-refractivity contribution < 1.29 is 0 Å². The number of nitrogens with zero attached hydrogens (tertiary/aromatic N) is 2. The summed E-state index contributed by atoms with van der Waals surface area (Å²) in [7, 11) is 0. The molecule has 1 atom stereocenters. The molecule has 0 fully saturated rings. The van der Waals surface area contributed by atoms with Gasteiger partial charge in [0.25, 0.3) is 0 Å². The van der Waals surface area contributed by atoms with Crippen LogP contribution >= 0.6 is 0 Å². The third-order valence-corrected chi connectivity index (χ3v) is 8.07. The molecule has 1 N–H and O–H groups in total. The Bertz CT molecular complexity index is 1840. The molecule has 1 aliphatic carbocycles. The van der Waals surface area contributed by atoms with Crippen molar-refractivity contribution in [3.05, 3.63) is 168 Å². The van der Waals surface area contributed by atoms with Crippen LogP contribution in [0.2, 0.25) is 0 Å². The molecule has 0 saturated heterocycles. The van der Waals surface area contributed by atoms with Crippen LogP contribution in [0.5, 0.6) is 0 Å². The SMILES string of the molecule is C1=NC2=C3C(=CC(c4ccccc4)=CC3N1)c1ccccc1N2c1cc(-c2ccccc2)cc(-c2ccccc2)c1. The maximum atomic E-state index is 4.99. The smallest absolute Gasteiger partial charge is 0.145 e. The second-order valence-corrected chi connectivity index (χ2v) is 10.5. The summed E-state index contributed by atoms with van der Waals surface area (Å²) in [5, 5.41) is 3.53. The molecular weight excluding hydrogens is 498 g/mol. The second kappa shape index (κ2) is 9.65. The fourth-order valence-corrected chi connectivity index (χ4v) is 6.17. The van der Waals surface area contributed by atoms with Gasteiger partial charge in [-0.15, -0.1) is 0 Å². The van der Waals surface area contributed by atoms with Crippen LogP contribution < -0.4 is 10.2 Å². The first-order chi connectivity index (χ1) is 20.3. The van der Waals surface area contributed by atoms with Crippen molar-refractivity contribution in [3.63, 3.8) is 0 Å². The standard InChI is InChI=1S/C38H27N3/c1-4-12-26(13-5-1)29-20-30(27-14-6-2-7-15-27)22-32(21-29)41-36-19-11-10-18-33(36)34-23-31(28-16-8-3-9-17-28)24-35-37(34)38(41)40-25-39-35/h1-25,35H,(H,39,40). The molecule has 0 bridgehead atoms. The summed E-state index contributed by atoms with van der Waals surface area (Å²) in [6.45, 7) is 0. The topological polar surface area (TPSA) is 27.6 Å². The molecule has 3 aliphatic rings. The summed E-state index contributed by atoms with van der Waals surface area (Å²) in [5.74, 6) is 0.964. The quantitative estimate of drug-likeness (QED) is 0.254. The van der Waals surface area contributed by atoms with Crippen LogP contribution in [0.25, 0.3) is 33.4 Å². The molecule has 2 aliphatic heterocycles. The van der Waals surface area contributed by atoms with E-state index in [9.17, 15) is 0 Å². The molecule has 0 aromatic heterocycles. The first-order valence-corrected chi connectivity index (χ1v) is 14.0. The fraction of sp³-hybridized carbons (Fsp3) is 0.0263. The summed E-state index contributed by atoms with van der Waals surface area (Å²) < 4.78 is 0. The van der Waals surface area contributed by atoms with Crippen LogP contribution in [0.3, 0.4) is 0 Å². The van der Waals surface area contributed by atoms with Gasteiger partial charge in [-0.25, -0.2) is 4.99 Å². The average molecular weight is 526 g/mol. The Morgan fingerprint density at radius 3 is 1.83 bits per heavy atom. The van der Waals surface area contributed by atoms with Gasteiger partial charge in [-0.2, -0.15) is 0 Å². The molecule has 3 heteroatoms. The number of anilines is 2. The van der Waals surface area contributed by atoms with Gasteiger partial charge in [0.05, 0.1) is 18.1 Å². The molecule has 1 unspecified atom stereocenters. The lowest BCUT2D eigenvalue weighted by Gasteiger charge is -2.40. The third kappa shape index (κ3) is 4.02. The minimum absolute atomic E-state index is 0.0273. The van der Waals surface area contributed by atoms with E-state index in [0.29, 0.717) is 0 Å². The average Bonchev–Trinajstić information content (AvgIpc) is 3.06. The molecule has 0 amide bonds. The number of allylic oxidation sites excluding steroid dienone is 2. The number of hydrogen-bond acceptors (Lipinski definition) is 3. The van der Waals surface area contributed by atoms with Gasteiger partial charge in [0.15, 0.2) is 0 Å². The number of nitrogens with one attached hydrogen (secondary N) is 1. The van der Waals surface area contributed by atoms with Crippen molar-refractivity contribution in [2.75, 3.05) is 4.90 Å². The number of benzene rings is 5. The van der Waals surface area contributed by atoms with Gasteiger partial charge >= 0.3 is 0 Å². The molecule has 0 saturated carbocycles. The lowest BCUT2D eigenvalue weighted by Crippen LogP contribution is -2.39. The minimum atomic E-state index is 0.0273. The number of fused-ring (bicyclic) bond motifs is 2. The lowest BCUT2D eigenvalue weighted by atomic mass is 9.80. The van der Waals surface area contributed by atoms with Crippen molar-refractivity contribution in [2.45, 2.75) is 6.04 Å². The number of aliphatic imine (C=N–C) groups is 1. The maximum absolute atomic E-state index is 4.99. The molecule has 3 nitrogen and oxygen atoms in total. The Labute approximate surface area is 240 Å². The molecule has 8 rings (SSSR count). The molecule has 5 aromatic rings. The molecule has 0 spiro atoms. The zero-order valence-electron chi connectivity index (χ0n) is 22.4. The van der Waals surface area contributed by atoms with Gasteiger partial charge in [-0.05, 0) is 75.4 Å². The van der Waals surface area contributed by atoms with E-state index in [4.69, 9.17) is 4.99 Å². The third-order valence-electron chi connectivity index (χ3n) is 8.07. The van der Waals surface area contributed by atoms with E-state index in [2.05, 4.69) is 156 Å². The van der Waals surface area contributed by atoms with Crippen molar-refractivity contribution in [3.8, 4) is 22.3 Å². The predicted molar refractivity (Wildman–Crippen MR) is 171 cm³/mol. The zero-order valence-corrected chi connectivity index (χ0v) is 22.4. The van der Waals surface area contributed by atoms with Gasteiger partial charge in [0.1, 0.15) is 5.82 Å². The first-order valence-electron chi connectivity index (χ1n) is 14.0. The highest BCUT2D eigenvalue weighted by atomic mass is 15.3. The van der Waals surface area contributed by atoms with E-state index in [0.717, 1.165) is 17.2 Å². The van der Waals surface area contributed by atoms with Crippen LogP contribution in [0.15, 0.2) is 162 Å². The summed E-state index contributed by atoms with van der Waals surface area (Å²) in [4.78, 5) is 7.33. The van der Waals surface area contributed by atoms with E-state index >= 15 is 0 Å². The van der Waals surface area contributed by atoms with Crippen molar-refractivity contribution >= 4 is 28.9 Å². The molecule has 0 radical (unpaired) electrons. The van der Waals surface area contributed by atoms with Gasteiger partial charge in [0.2, 0.25) is 0 Å². The van der Waals surface area contributed by atoms with Crippen molar-refractivity contribution in [1.29, 1.82) is 0 Å². The highest BCUT2D eigenvalue weighted by Crippen LogP contribution is 2.50. The fourth-order valence-electron chi connectivity index (χ4n) is 6.17. The molecule has 194 valence electrons. The number of hydrogen-bond donors (Lipinski definition) is 1. The van der Waals surface area contributed by atoms with E-state index in [-0.39, 0.29) is 6.04 Å². The Kier molecular flexibility index (Phi) is 5.53. The van der Waals surface area contributed by atoms with Gasteiger partial charge < -0.3 is 5.32 Å². The molecule has 2 heterocycles. The van der Waals surface area contributed by atoms with Gasteiger partial charge in [-0.1, -0.05) is 109 Å². The summed E-state index contributed by atoms with van der Waals surface area (Å²) >= 11 is 0. The Balaban J connectivity index is 1.36. The summed E-state index contributed by atoms with van der Waals surface area (Å²) in [6, 6.07) is 47.5. The van der Waals surface area contributed by atoms with E-state index < -0.39 is 0 Å². The van der Waals surface area contributed by atoms with E-state index in [1.54, 1.807) is 0 Å². The highest BCUT2D eigenvalue weighted by Gasteiger charge is 2.36. The van der Waals surface area contributed by atoms with Crippen LogP contribution in [0.4, 0.5) is 11.4 Å². The highest BCUT2D eigenvalue weighted by molar-refractivity contribution is 6.03. The van der Waals surface area contributed by atoms with Crippen molar-refractivity contribution in [1.82, 2.24) is 5.32 Å². The Morgan fingerprint density at radius 1 is 0.585 bits per heavy atom. The summed E-state index contributed by atoms with van der Waals surface area (Å²) in [5.41, 5.74) is 13.0. The first kappa shape index (κ1) is 23.5. The van der Waals surface area contributed by atoms with Crippen molar-refractivity contribution in [2.24, 2.45) is 4.99 Å². The monoisotopic (exact) mass is 525 g/mol.